The molecule has 1 atom stereocenters. The van der Waals surface area contributed by atoms with E-state index in [0.717, 1.165) is 18.9 Å². The van der Waals surface area contributed by atoms with E-state index in [1.807, 2.05) is 18.7 Å². The van der Waals surface area contributed by atoms with Gasteiger partial charge in [-0.1, -0.05) is 13.8 Å². The second-order valence-electron chi connectivity index (χ2n) is 8.73. The number of aromatic nitrogens is 1. The molecule has 1 aliphatic carbocycles. The largest absolute Gasteiger partial charge is 0.511 e. The molecule has 0 spiro atoms. The van der Waals surface area contributed by atoms with Crippen LogP contribution in [0.4, 0.5) is 14.9 Å². The van der Waals surface area contributed by atoms with Crippen LogP contribution in [0.15, 0.2) is 23.1 Å². The van der Waals surface area contributed by atoms with Crippen molar-refractivity contribution >= 4 is 28.7 Å². The highest BCUT2D eigenvalue weighted by atomic mass is 19.1. The number of rotatable bonds is 5. The minimum absolute atomic E-state index is 0.0348. The van der Waals surface area contributed by atoms with Gasteiger partial charge in [0.25, 0.3) is 0 Å². The normalized spacial score (nSPS) is 17.7. The Balaban J connectivity index is 1.64. The van der Waals surface area contributed by atoms with Crippen molar-refractivity contribution in [1.29, 1.82) is 0 Å². The Morgan fingerprint density at radius 1 is 1.19 bits per heavy atom. The number of ether oxygens (including phenoxy) is 1. The van der Waals surface area contributed by atoms with Gasteiger partial charge in [-0.3, -0.25) is 9.59 Å². The van der Waals surface area contributed by atoms with Crippen LogP contribution in [-0.2, 0) is 4.79 Å². The molecule has 1 aromatic carbocycles. The molecule has 2 heterocycles. The molecule has 1 amide bonds. The summed E-state index contributed by atoms with van der Waals surface area (Å²) in [4.78, 5) is 39.7. The number of carbonyl (C=O) groups is 2. The quantitative estimate of drug-likeness (QED) is 0.676. The molecule has 32 heavy (non-hydrogen) atoms. The monoisotopic (exact) mass is 446 g/mol. The molecule has 1 saturated carbocycles. The number of carbonyl (C=O) groups excluding carboxylic acids is 1. The van der Waals surface area contributed by atoms with Crippen LogP contribution in [0, 0.1) is 11.7 Å². The molecule has 172 valence electrons. The molecule has 1 saturated heterocycles. The van der Waals surface area contributed by atoms with E-state index < -0.39 is 23.4 Å². The fourth-order valence-corrected chi connectivity index (χ4v) is 4.06. The fraction of sp³-hybridized carbons (Fsp3) is 0.500. The fourth-order valence-electron chi connectivity index (χ4n) is 4.06. The summed E-state index contributed by atoms with van der Waals surface area (Å²) in [5, 5.41) is 8.99. The lowest BCUT2D eigenvalue weighted by Gasteiger charge is -2.37. The predicted molar refractivity (Wildman–Crippen MR) is 117 cm³/mol. The van der Waals surface area contributed by atoms with Crippen LogP contribution in [0.2, 0.25) is 0 Å². The third-order valence-corrected chi connectivity index (χ3v) is 6.14. The molecular weight excluding hydrogens is 419 g/mol. The first kappa shape index (κ1) is 22.1. The number of hydrogen-bond donors (Lipinski definition) is 2. The molecule has 2 aromatic rings. The van der Waals surface area contributed by atoms with Crippen molar-refractivity contribution < 1.29 is 23.8 Å². The summed E-state index contributed by atoms with van der Waals surface area (Å²) < 4.78 is 21.5. The minimum atomic E-state index is -1.59. The Morgan fingerprint density at radius 3 is 2.41 bits per heavy atom. The lowest BCUT2D eigenvalue weighted by atomic mass is 10.0. The highest BCUT2D eigenvalue weighted by molar-refractivity contribution is 5.85. The van der Waals surface area contributed by atoms with Crippen molar-refractivity contribution in [3.8, 4) is 5.75 Å². The van der Waals surface area contributed by atoms with E-state index in [2.05, 4.69) is 4.74 Å². The Kier molecular flexibility index (Phi) is 5.81. The van der Waals surface area contributed by atoms with Gasteiger partial charge >= 0.3 is 6.16 Å². The number of piperazine rings is 1. The minimum Gasteiger partial charge on any atom is -0.449 e. The summed E-state index contributed by atoms with van der Waals surface area (Å²) in [6.07, 6.45) is 1.56. The van der Waals surface area contributed by atoms with Gasteiger partial charge in [0.05, 0.1) is 28.8 Å². The second kappa shape index (κ2) is 8.42. The topological polar surface area (TPSA) is 118 Å². The molecule has 2 fully saturated rings. The number of carboxylic acid groups (broad SMARTS) is 1. The van der Waals surface area contributed by atoms with E-state index in [-0.39, 0.29) is 29.0 Å². The van der Waals surface area contributed by atoms with Crippen molar-refractivity contribution in [2.45, 2.75) is 38.8 Å². The van der Waals surface area contributed by atoms with Gasteiger partial charge in [0.15, 0.2) is 5.75 Å². The van der Waals surface area contributed by atoms with Crippen molar-refractivity contribution in [1.82, 2.24) is 9.47 Å². The van der Waals surface area contributed by atoms with E-state index in [9.17, 15) is 14.4 Å². The molecule has 1 aliphatic heterocycles. The molecule has 9 nitrogen and oxygen atoms in total. The SMILES string of the molecule is CC(C)C(N)C(=O)N1CCN(c2cc3c(cc2F)c(=O)c(OC(=O)O)cn3C2CC2)CC1. The number of nitrogens with zero attached hydrogens (tertiary/aromatic N) is 3. The van der Waals surface area contributed by atoms with E-state index in [0.29, 0.717) is 37.4 Å². The van der Waals surface area contributed by atoms with E-state index in [1.54, 1.807) is 15.5 Å². The molecule has 3 N–H and O–H groups in total. The van der Waals surface area contributed by atoms with Crippen molar-refractivity contribution in [2.24, 2.45) is 11.7 Å². The zero-order valence-electron chi connectivity index (χ0n) is 18.1. The van der Waals surface area contributed by atoms with Crippen LogP contribution >= 0.6 is 0 Å². The van der Waals surface area contributed by atoms with Crippen LogP contribution in [0.1, 0.15) is 32.7 Å². The first-order chi connectivity index (χ1) is 15.2. The molecule has 1 aromatic heterocycles. The Bertz CT molecular complexity index is 1120. The summed E-state index contributed by atoms with van der Waals surface area (Å²) in [5.41, 5.74) is 6.20. The van der Waals surface area contributed by atoms with Crippen LogP contribution in [0.5, 0.6) is 5.75 Å². The number of pyridine rings is 1. The van der Waals surface area contributed by atoms with Crippen molar-refractivity contribution in [3.05, 3.63) is 34.4 Å². The van der Waals surface area contributed by atoms with Gasteiger partial charge in [-0.25, -0.2) is 9.18 Å². The molecule has 0 radical (unpaired) electrons. The first-order valence-corrected chi connectivity index (χ1v) is 10.8. The maximum Gasteiger partial charge on any atom is 0.511 e. The molecular formula is C22H27FN4O5. The van der Waals surface area contributed by atoms with E-state index in [1.165, 1.54) is 6.20 Å². The number of anilines is 1. The van der Waals surface area contributed by atoms with Gasteiger partial charge in [-0.05, 0) is 30.9 Å². The maximum atomic E-state index is 15.1. The summed E-state index contributed by atoms with van der Waals surface area (Å²) in [5.74, 6) is -0.986. The van der Waals surface area contributed by atoms with Crippen LogP contribution < -0.4 is 20.8 Å². The molecule has 2 aliphatic rings. The average molecular weight is 446 g/mol. The van der Waals surface area contributed by atoms with Gasteiger partial charge < -0.3 is 29.9 Å². The zero-order chi connectivity index (χ0) is 23.2. The average Bonchev–Trinajstić information content (AvgIpc) is 3.59. The first-order valence-electron chi connectivity index (χ1n) is 10.8. The molecule has 0 bridgehead atoms. The van der Waals surface area contributed by atoms with Gasteiger partial charge in [0, 0.05) is 32.2 Å². The van der Waals surface area contributed by atoms with Crippen molar-refractivity contribution in [2.75, 3.05) is 31.1 Å². The van der Waals surface area contributed by atoms with Gasteiger partial charge in [0.2, 0.25) is 11.3 Å². The van der Waals surface area contributed by atoms with Crippen LogP contribution in [-0.4, -0.2) is 58.9 Å². The number of hydrogen-bond acceptors (Lipinski definition) is 6. The summed E-state index contributed by atoms with van der Waals surface area (Å²) in [6, 6.07) is 2.33. The number of halogens is 1. The lowest BCUT2D eigenvalue weighted by Crippen LogP contribution is -2.54. The number of benzene rings is 1. The third kappa shape index (κ3) is 4.14. The predicted octanol–water partition coefficient (Wildman–Crippen LogP) is 2.16. The Morgan fingerprint density at radius 2 is 1.84 bits per heavy atom. The lowest BCUT2D eigenvalue weighted by molar-refractivity contribution is -0.133. The van der Waals surface area contributed by atoms with E-state index in [4.69, 9.17) is 10.8 Å². The van der Waals surface area contributed by atoms with Gasteiger partial charge in [-0.15, -0.1) is 0 Å². The zero-order valence-corrected chi connectivity index (χ0v) is 18.1. The second-order valence-corrected chi connectivity index (χ2v) is 8.73. The summed E-state index contributed by atoms with van der Waals surface area (Å²) in [6.45, 7) is 5.53. The highest BCUT2D eigenvalue weighted by Gasteiger charge is 2.30. The molecule has 4 rings (SSSR count). The Hall–Kier alpha value is -3.14. The molecule has 10 heteroatoms. The third-order valence-electron chi connectivity index (χ3n) is 6.14. The highest BCUT2D eigenvalue weighted by Crippen LogP contribution is 2.39. The van der Waals surface area contributed by atoms with Gasteiger partial charge in [-0.2, -0.15) is 0 Å². The van der Waals surface area contributed by atoms with Crippen LogP contribution in [0.3, 0.4) is 0 Å². The standard InChI is InChI=1S/C22H27FN4O5/c1-12(2)19(24)21(29)26-7-5-25(6-8-26)17-10-16-14(9-15(17)23)20(28)18(32-22(30)31)11-27(16)13-3-4-13/h9-13,19H,3-8,24H2,1-2H3,(H,30,31). The summed E-state index contributed by atoms with van der Waals surface area (Å²) in [7, 11) is 0. The van der Waals surface area contributed by atoms with Crippen LogP contribution in [0.25, 0.3) is 10.9 Å². The number of fused-ring (bicyclic) bond motifs is 1. The van der Waals surface area contributed by atoms with E-state index >= 15 is 4.39 Å². The molecule has 1 unspecified atom stereocenters. The summed E-state index contributed by atoms with van der Waals surface area (Å²) >= 11 is 0. The maximum absolute atomic E-state index is 15.1. The van der Waals surface area contributed by atoms with Gasteiger partial charge in [0.1, 0.15) is 5.82 Å². The Labute approximate surface area is 184 Å². The number of amides is 1. The smallest absolute Gasteiger partial charge is 0.449 e. The van der Waals surface area contributed by atoms with Crippen molar-refractivity contribution in [3.63, 3.8) is 0 Å². The number of nitrogens with two attached hydrogens (primary N) is 1.